The number of hydrogen-bond acceptors (Lipinski definition) is 5. The summed E-state index contributed by atoms with van der Waals surface area (Å²) in [5.41, 5.74) is 1.72. The Morgan fingerprint density at radius 3 is 2.21 bits per heavy atom. The molecular formula is C24H14Cl2N4O3. The van der Waals surface area contributed by atoms with Crippen molar-refractivity contribution < 1.29 is 14.4 Å². The summed E-state index contributed by atoms with van der Waals surface area (Å²) in [6.07, 6.45) is 1.42. The molecule has 9 heteroatoms. The molecule has 0 N–H and O–H groups in total. The summed E-state index contributed by atoms with van der Waals surface area (Å²) in [6, 6.07) is 18.2. The van der Waals surface area contributed by atoms with E-state index in [1.165, 1.54) is 12.4 Å². The van der Waals surface area contributed by atoms with Gasteiger partial charge in [-0.2, -0.15) is 0 Å². The normalized spacial score (nSPS) is 12.8. The molecule has 1 aromatic heterocycles. The summed E-state index contributed by atoms with van der Waals surface area (Å²) in [7, 11) is 0. The van der Waals surface area contributed by atoms with Gasteiger partial charge in [-0.15, -0.1) is 10.2 Å². The Hall–Kier alpha value is -3.81. The van der Waals surface area contributed by atoms with Crippen molar-refractivity contribution in [2.75, 3.05) is 0 Å². The zero-order valence-electron chi connectivity index (χ0n) is 16.9. The van der Waals surface area contributed by atoms with E-state index in [1.807, 2.05) is 0 Å². The predicted octanol–water partition coefficient (Wildman–Crippen LogP) is 4.60. The molecule has 0 aliphatic carbocycles. The molecule has 1 aliphatic rings. The minimum Gasteiger partial charge on any atom is -0.288 e. The van der Waals surface area contributed by atoms with Gasteiger partial charge in [0.25, 0.3) is 11.8 Å². The Labute approximate surface area is 198 Å². The quantitative estimate of drug-likeness (QED) is 0.310. The Morgan fingerprint density at radius 1 is 0.848 bits per heavy atom. The van der Waals surface area contributed by atoms with Crippen LogP contribution in [0, 0.1) is 0 Å². The lowest BCUT2D eigenvalue weighted by Crippen LogP contribution is -2.30. The standard InChI is InChI=1S/C24H14Cl2N4O3/c25-14-9-10-20(18(11-14)22(31)17-7-3-4-8-19(17)26)30-13-27-28-21(30)12-29-23(32)15-5-1-2-6-16(15)24(29)33/h1-11,13H,12H2. The van der Waals surface area contributed by atoms with E-state index in [1.54, 1.807) is 65.2 Å². The van der Waals surface area contributed by atoms with Crippen LogP contribution in [0.15, 0.2) is 73.1 Å². The van der Waals surface area contributed by atoms with Gasteiger partial charge in [0, 0.05) is 16.1 Å². The third-order valence-corrected chi connectivity index (χ3v) is 5.94. The molecule has 5 rings (SSSR count). The predicted molar refractivity (Wildman–Crippen MR) is 122 cm³/mol. The zero-order chi connectivity index (χ0) is 23.1. The van der Waals surface area contributed by atoms with Crippen LogP contribution in [0.1, 0.15) is 42.5 Å². The van der Waals surface area contributed by atoms with Crippen molar-refractivity contribution in [3.63, 3.8) is 0 Å². The van der Waals surface area contributed by atoms with E-state index in [0.29, 0.717) is 38.2 Å². The molecule has 0 bridgehead atoms. The lowest BCUT2D eigenvalue weighted by molar-refractivity contribution is 0.0637. The summed E-state index contributed by atoms with van der Waals surface area (Å²) >= 11 is 12.4. The minimum atomic E-state index is -0.409. The molecule has 33 heavy (non-hydrogen) atoms. The van der Waals surface area contributed by atoms with Crippen LogP contribution < -0.4 is 0 Å². The van der Waals surface area contributed by atoms with Gasteiger partial charge in [-0.05, 0) is 42.5 Å². The van der Waals surface area contributed by atoms with E-state index >= 15 is 0 Å². The first kappa shape index (κ1) is 21.1. The summed E-state index contributed by atoms with van der Waals surface area (Å²) < 4.78 is 1.56. The van der Waals surface area contributed by atoms with Crippen LogP contribution in [0.5, 0.6) is 0 Å². The van der Waals surface area contributed by atoms with Gasteiger partial charge in [0.05, 0.1) is 28.4 Å². The number of rotatable bonds is 5. The van der Waals surface area contributed by atoms with Crippen molar-refractivity contribution in [2.24, 2.45) is 0 Å². The zero-order valence-corrected chi connectivity index (χ0v) is 18.4. The van der Waals surface area contributed by atoms with Crippen LogP contribution in [-0.4, -0.2) is 37.3 Å². The van der Waals surface area contributed by atoms with E-state index in [-0.39, 0.29) is 17.9 Å². The lowest BCUT2D eigenvalue weighted by Gasteiger charge is -2.16. The molecule has 0 spiro atoms. The molecule has 0 fully saturated rings. The van der Waals surface area contributed by atoms with E-state index < -0.39 is 11.8 Å². The number of halogens is 2. The van der Waals surface area contributed by atoms with Gasteiger partial charge in [-0.3, -0.25) is 23.9 Å². The molecule has 0 radical (unpaired) electrons. The number of hydrogen-bond donors (Lipinski definition) is 0. The SMILES string of the molecule is O=C(c1ccccc1Cl)c1cc(Cl)ccc1-n1cnnc1CN1C(=O)c2ccccc2C1=O. The fourth-order valence-corrected chi connectivity index (χ4v) is 4.18. The highest BCUT2D eigenvalue weighted by Gasteiger charge is 2.36. The molecule has 2 amide bonds. The first-order valence-corrected chi connectivity index (χ1v) is 10.6. The second-order valence-corrected chi connectivity index (χ2v) is 8.17. The molecule has 7 nitrogen and oxygen atoms in total. The van der Waals surface area contributed by atoms with E-state index in [2.05, 4.69) is 10.2 Å². The average Bonchev–Trinajstić information content (AvgIpc) is 3.38. The second-order valence-electron chi connectivity index (χ2n) is 7.33. The first-order valence-electron chi connectivity index (χ1n) is 9.89. The Balaban J connectivity index is 1.54. The topological polar surface area (TPSA) is 85.2 Å². The molecule has 1 aliphatic heterocycles. The number of carbonyl (C=O) groups excluding carboxylic acids is 3. The van der Waals surface area contributed by atoms with Crippen molar-refractivity contribution in [3.8, 4) is 5.69 Å². The van der Waals surface area contributed by atoms with Crippen LogP contribution >= 0.6 is 23.2 Å². The van der Waals surface area contributed by atoms with Crippen molar-refractivity contribution in [2.45, 2.75) is 6.54 Å². The number of aromatic nitrogens is 3. The summed E-state index contributed by atoms with van der Waals surface area (Å²) in [5.74, 6) is -0.847. The van der Waals surface area contributed by atoms with Gasteiger partial charge in [0.15, 0.2) is 11.6 Å². The molecule has 4 aromatic rings. The number of benzene rings is 3. The van der Waals surface area contributed by atoms with Crippen LogP contribution in [-0.2, 0) is 6.54 Å². The highest BCUT2D eigenvalue weighted by molar-refractivity contribution is 6.35. The van der Waals surface area contributed by atoms with Gasteiger partial charge in [-0.1, -0.05) is 47.5 Å². The molecule has 0 saturated carbocycles. The molecule has 162 valence electrons. The number of carbonyl (C=O) groups is 3. The third-order valence-electron chi connectivity index (χ3n) is 5.38. The van der Waals surface area contributed by atoms with E-state index in [4.69, 9.17) is 23.2 Å². The van der Waals surface area contributed by atoms with Gasteiger partial charge in [0.2, 0.25) is 0 Å². The van der Waals surface area contributed by atoms with Gasteiger partial charge < -0.3 is 0 Å². The van der Waals surface area contributed by atoms with Crippen LogP contribution in [0.4, 0.5) is 0 Å². The maximum atomic E-state index is 13.3. The molecule has 0 unspecified atom stereocenters. The van der Waals surface area contributed by atoms with Crippen LogP contribution in [0.25, 0.3) is 5.69 Å². The number of imide groups is 1. The molecule has 2 heterocycles. The van der Waals surface area contributed by atoms with E-state index in [0.717, 1.165) is 4.90 Å². The van der Waals surface area contributed by atoms with Crippen molar-refractivity contribution in [1.82, 2.24) is 19.7 Å². The maximum Gasteiger partial charge on any atom is 0.261 e. The van der Waals surface area contributed by atoms with Gasteiger partial charge in [0.1, 0.15) is 6.33 Å². The number of ketones is 1. The Bertz CT molecular complexity index is 1410. The molecular weight excluding hydrogens is 463 g/mol. The molecule has 0 saturated heterocycles. The number of nitrogens with zero attached hydrogens (tertiary/aromatic N) is 4. The fraction of sp³-hybridized carbons (Fsp3) is 0.0417. The highest BCUT2D eigenvalue weighted by atomic mass is 35.5. The number of amides is 2. The third kappa shape index (κ3) is 3.61. The monoisotopic (exact) mass is 476 g/mol. The first-order chi connectivity index (χ1) is 16.0. The van der Waals surface area contributed by atoms with Crippen molar-refractivity contribution >= 4 is 40.8 Å². The van der Waals surface area contributed by atoms with Crippen LogP contribution in [0.3, 0.4) is 0 Å². The van der Waals surface area contributed by atoms with Crippen LogP contribution in [0.2, 0.25) is 10.0 Å². The minimum absolute atomic E-state index is 0.116. The largest absolute Gasteiger partial charge is 0.288 e. The molecule has 3 aromatic carbocycles. The van der Waals surface area contributed by atoms with E-state index in [9.17, 15) is 14.4 Å². The molecule has 0 atom stereocenters. The average molecular weight is 477 g/mol. The fourth-order valence-electron chi connectivity index (χ4n) is 3.78. The smallest absolute Gasteiger partial charge is 0.261 e. The van der Waals surface area contributed by atoms with Crippen molar-refractivity contribution in [3.05, 3.63) is 111 Å². The van der Waals surface area contributed by atoms with Gasteiger partial charge in [-0.25, -0.2) is 0 Å². The summed E-state index contributed by atoms with van der Waals surface area (Å²) in [5, 5.41) is 8.72. The maximum absolute atomic E-state index is 13.3. The highest BCUT2D eigenvalue weighted by Crippen LogP contribution is 2.28. The Morgan fingerprint density at radius 2 is 1.52 bits per heavy atom. The second kappa shape index (κ2) is 8.27. The van der Waals surface area contributed by atoms with Crippen molar-refractivity contribution in [1.29, 1.82) is 0 Å². The lowest BCUT2D eigenvalue weighted by atomic mass is 10.0. The summed E-state index contributed by atoms with van der Waals surface area (Å²) in [4.78, 5) is 40.0. The van der Waals surface area contributed by atoms with Gasteiger partial charge >= 0.3 is 0 Å². The number of fused-ring (bicyclic) bond motifs is 1. The summed E-state index contributed by atoms with van der Waals surface area (Å²) in [6.45, 7) is -0.116. The Kier molecular flexibility index (Phi) is 5.28.